The van der Waals surface area contributed by atoms with Crippen molar-refractivity contribution in [2.24, 2.45) is 0 Å². The summed E-state index contributed by atoms with van der Waals surface area (Å²) in [5.74, 6) is 0.420. The summed E-state index contributed by atoms with van der Waals surface area (Å²) in [6, 6.07) is 12.5. The van der Waals surface area contributed by atoms with Gasteiger partial charge >= 0.3 is 0 Å². The highest BCUT2D eigenvalue weighted by Gasteiger charge is 2.25. The summed E-state index contributed by atoms with van der Waals surface area (Å²) >= 11 is 8.44. The number of hydrogen-bond acceptors (Lipinski definition) is 6. The van der Waals surface area contributed by atoms with Crippen molar-refractivity contribution in [3.63, 3.8) is 0 Å². The van der Waals surface area contributed by atoms with Gasteiger partial charge in [-0.15, -0.1) is 11.3 Å². The zero-order valence-electron chi connectivity index (χ0n) is 17.3. The number of nitrogen functional groups attached to an aromatic ring is 1. The third-order valence-electron chi connectivity index (χ3n) is 6.25. The van der Waals surface area contributed by atoms with Crippen LogP contribution in [0.4, 0.5) is 5.82 Å². The van der Waals surface area contributed by atoms with Crippen molar-refractivity contribution in [1.29, 1.82) is 0 Å². The van der Waals surface area contributed by atoms with Crippen molar-refractivity contribution in [2.75, 3.05) is 5.73 Å². The Morgan fingerprint density at radius 1 is 1.06 bits per heavy atom. The maximum Gasteiger partial charge on any atom is 0.164 e. The molecule has 0 atom stereocenters. The normalized spacial score (nSPS) is 15.0. The molecule has 4 aromatic heterocycles. The van der Waals surface area contributed by atoms with Gasteiger partial charge in [0.1, 0.15) is 17.8 Å². The highest BCUT2D eigenvalue weighted by molar-refractivity contribution is 7.13. The van der Waals surface area contributed by atoms with Gasteiger partial charge in [-0.1, -0.05) is 43.0 Å². The third kappa shape index (κ3) is 3.24. The molecule has 1 saturated carbocycles. The molecule has 4 heterocycles. The number of halogens is 1. The Morgan fingerprint density at radius 3 is 2.75 bits per heavy atom. The molecular formula is C24H21ClN6S. The van der Waals surface area contributed by atoms with E-state index in [4.69, 9.17) is 27.4 Å². The quantitative estimate of drug-likeness (QED) is 0.331. The standard InChI is InChI=1S/C24H21ClN6S/c25-17-11-14-8-9-18(20-7-4-10-32-20)29-19(14)12-16(17)22-21-23(26)27-13-28-24(21)31(30-22)15-5-2-1-3-6-15/h4,7-13,15H,1-3,5-6H2,(H2,26,27,28). The highest BCUT2D eigenvalue weighted by atomic mass is 35.5. The summed E-state index contributed by atoms with van der Waals surface area (Å²) in [5, 5.41) is 9.42. The van der Waals surface area contributed by atoms with E-state index in [0.717, 1.165) is 56.6 Å². The summed E-state index contributed by atoms with van der Waals surface area (Å²) in [5.41, 5.74) is 10.4. The van der Waals surface area contributed by atoms with E-state index in [-0.39, 0.29) is 0 Å². The molecule has 0 saturated heterocycles. The second-order valence-electron chi connectivity index (χ2n) is 8.24. The van der Waals surface area contributed by atoms with E-state index < -0.39 is 0 Å². The fourth-order valence-corrected chi connectivity index (χ4v) is 5.61. The molecular weight excluding hydrogens is 440 g/mol. The number of rotatable bonds is 3. The molecule has 0 radical (unpaired) electrons. The molecule has 0 bridgehead atoms. The highest BCUT2D eigenvalue weighted by Crippen LogP contribution is 2.39. The number of fused-ring (bicyclic) bond motifs is 2. The maximum atomic E-state index is 6.77. The number of anilines is 1. The van der Waals surface area contributed by atoms with Gasteiger partial charge in [-0.05, 0) is 42.5 Å². The molecule has 0 spiro atoms. The van der Waals surface area contributed by atoms with Crippen LogP contribution in [-0.2, 0) is 0 Å². The van der Waals surface area contributed by atoms with E-state index in [9.17, 15) is 0 Å². The summed E-state index contributed by atoms with van der Waals surface area (Å²) in [6.07, 6.45) is 7.38. The maximum absolute atomic E-state index is 6.77. The summed E-state index contributed by atoms with van der Waals surface area (Å²) in [7, 11) is 0. The van der Waals surface area contributed by atoms with E-state index in [0.29, 0.717) is 16.9 Å². The van der Waals surface area contributed by atoms with Crippen molar-refractivity contribution in [2.45, 2.75) is 38.1 Å². The van der Waals surface area contributed by atoms with Crippen LogP contribution >= 0.6 is 22.9 Å². The molecule has 160 valence electrons. The van der Waals surface area contributed by atoms with Crippen LogP contribution in [0.1, 0.15) is 38.1 Å². The third-order valence-corrected chi connectivity index (χ3v) is 7.45. The van der Waals surface area contributed by atoms with Crippen molar-refractivity contribution in [3.8, 4) is 21.8 Å². The molecule has 5 aromatic rings. The fraction of sp³-hybridized carbons (Fsp3) is 0.250. The van der Waals surface area contributed by atoms with Crippen molar-refractivity contribution in [3.05, 3.63) is 53.1 Å². The minimum absolute atomic E-state index is 0.317. The Hall–Kier alpha value is -3.03. The number of aromatic nitrogens is 5. The number of nitrogens with two attached hydrogens (primary N) is 1. The topological polar surface area (TPSA) is 82.5 Å². The van der Waals surface area contributed by atoms with Crippen LogP contribution in [0.2, 0.25) is 5.02 Å². The van der Waals surface area contributed by atoms with Gasteiger partial charge in [0.15, 0.2) is 5.65 Å². The zero-order valence-corrected chi connectivity index (χ0v) is 18.9. The van der Waals surface area contributed by atoms with E-state index in [2.05, 4.69) is 27.5 Å². The Bertz CT molecular complexity index is 1440. The van der Waals surface area contributed by atoms with Crippen molar-refractivity contribution >= 4 is 50.7 Å². The van der Waals surface area contributed by atoms with Crippen LogP contribution < -0.4 is 5.73 Å². The summed E-state index contributed by atoms with van der Waals surface area (Å²) in [6.45, 7) is 0. The second kappa shape index (κ2) is 7.83. The van der Waals surface area contributed by atoms with Crippen molar-refractivity contribution < 1.29 is 0 Å². The zero-order chi connectivity index (χ0) is 21.7. The van der Waals surface area contributed by atoms with Crippen molar-refractivity contribution in [1.82, 2.24) is 24.7 Å². The lowest BCUT2D eigenvalue weighted by molar-refractivity contribution is 0.336. The van der Waals surface area contributed by atoms with Gasteiger partial charge in [0.05, 0.1) is 32.5 Å². The van der Waals surface area contributed by atoms with Gasteiger partial charge in [0.25, 0.3) is 0 Å². The first kappa shape index (κ1) is 19.6. The number of pyridine rings is 1. The average molecular weight is 461 g/mol. The first-order valence-electron chi connectivity index (χ1n) is 10.8. The molecule has 1 aliphatic carbocycles. The van der Waals surface area contributed by atoms with Gasteiger partial charge in [0.2, 0.25) is 0 Å². The van der Waals surface area contributed by atoms with Gasteiger partial charge in [-0.3, -0.25) is 0 Å². The molecule has 1 fully saturated rings. The Balaban J connectivity index is 1.56. The fourth-order valence-electron chi connectivity index (χ4n) is 4.65. The summed E-state index contributed by atoms with van der Waals surface area (Å²) in [4.78, 5) is 14.8. The van der Waals surface area contributed by atoms with Crippen LogP contribution in [0, 0.1) is 0 Å². The number of hydrogen-bond donors (Lipinski definition) is 1. The number of nitrogens with zero attached hydrogens (tertiary/aromatic N) is 5. The van der Waals surface area contributed by atoms with Gasteiger partial charge in [-0.25, -0.2) is 19.6 Å². The lowest BCUT2D eigenvalue weighted by atomic mass is 9.96. The second-order valence-corrected chi connectivity index (χ2v) is 9.60. The largest absolute Gasteiger partial charge is 0.383 e. The lowest BCUT2D eigenvalue weighted by Gasteiger charge is -2.22. The van der Waals surface area contributed by atoms with Crippen LogP contribution in [0.3, 0.4) is 0 Å². The number of thiophene rings is 1. The molecule has 1 aromatic carbocycles. The molecule has 0 unspecified atom stereocenters. The van der Waals surface area contributed by atoms with E-state index in [1.807, 2.05) is 28.9 Å². The molecule has 8 heteroatoms. The molecule has 0 amide bonds. The Kier molecular flexibility index (Phi) is 4.81. The smallest absolute Gasteiger partial charge is 0.164 e. The molecule has 2 N–H and O–H groups in total. The first-order chi connectivity index (χ1) is 15.7. The number of benzene rings is 1. The van der Waals surface area contributed by atoms with Crippen LogP contribution in [0.15, 0.2) is 48.1 Å². The Labute approximate surface area is 194 Å². The van der Waals surface area contributed by atoms with Crippen LogP contribution in [-0.4, -0.2) is 24.7 Å². The minimum Gasteiger partial charge on any atom is -0.383 e. The molecule has 32 heavy (non-hydrogen) atoms. The molecule has 6 nitrogen and oxygen atoms in total. The first-order valence-corrected chi connectivity index (χ1v) is 12.1. The SMILES string of the molecule is Nc1ncnc2c1c(-c1cc3nc(-c4cccs4)ccc3cc1Cl)nn2C1CCCCC1. The molecule has 0 aliphatic heterocycles. The predicted molar refractivity (Wildman–Crippen MR) is 131 cm³/mol. The summed E-state index contributed by atoms with van der Waals surface area (Å²) < 4.78 is 2.04. The minimum atomic E-state index is 0.317. The van der Waals surface area contributed by atoms with E-state index in [1.54, 1.807) is 11.3 Å². The lowest BCUT2D eigenvalue weighted by Crippen LogP contribution is -2.14. The van der Waals surface area contributed by atoms with Crippen LogP contribution in [0.25, 0.3) is 43.8 Å². The predicted octanol–water partition coefficient (Wildman–Crippen LogP) is 6.51. The molecule has 1 aliphatic rings. The monoisotopic (exact) mass is 460 g/mol. The van der Waals surface area contributed by atoms with E-state index >= 15 is 0 Å². The Morgan fingerprint density at radius 2 is 1.94 bits per heavy atom. The van der Waals surface area contributed by atoms with Gasteiger partial charge < -0.3 is 5.73 Å². The molecule has 6 rings (SSSR count). The van der Waals surface area contributed by atoms with Gasteiger partial charge in [-0.2, -0.15) is 5.10 Å². The van der Waals surface area contributed by atoms with Crippen LogP contribution in [0.5, 0.6) is 0 Å². The van der Waals surface area contributed by atoms with Gasteiger partial charge in [0, 0.05) is 10.9 Å². The van der Waals surface area contributed by atoms with E-state index in [1.165, 1.54) is 25.6 Å². The average Bonchev–Trinajstić information content (AvgIpc) is 3.48.